The van der Waals surface area contributed by atoms with Crippen LogP contribution in [0.2, 0.25) is 0 Å². The highest BCUT2D eigenvalue weighted by atomic mass is 16.5. The fraction of sp³-hybridized carbons (Fsp3) is 0.556. The molecule has 0 bridgehead atoms. The molecule has 2 amide bonds. The van der Waals surface area contributed by atoms with Crippen LogP contribution in [-0.4, -0.2) is 79.6 Å². The molecule has 10 heteroatoms. The number of ether oxygens (including phenoxy) is 1. The first-order valence-corrected chi connectivity index (χ1v) is 13.3. The second-order valence-corrected chi connectivity index (χ2v) is 9.56. The van der Waals surface area contributed by atoms with Crippen LogP contribution in [0.15, 0.2) is 24.4 Å². The van der Waals surface area contributed by atoms with Gasteiger partial charge in [-0.05, 0) is 44.1 Å². The maximum atomic E-state index is 12.8. The number of methoxy groups -OCH3 is 1. The Morgan fingerprint density at radius 1 is 1.22 bits per heavy atom. The molecule has 10 nitrogen and oxygen atoms in total. The number of rotatable bonds is 10. The topological polar surface area (TPSA) is 103 Å². The van der Waals surface area contributed by atoms with Crippen LogP contribution in [0.25, 0.3) is 0 Å². The number of nitrogens with zero attached hydrogens (tertiary/aromatic N) is 5. The van der Waals surface area contributed by atoms with Crippen LogP contribution >= 0.6 is 0 Å². The summed E-state index contributed by atoms with van der Waals surface area (Å²) in [4.78, 5) is 41.0. The number of hydrogen-bond donors (Lipinski definition) is 2. The van der Waals surface area contributed by atoms with Gasteiger partial charge in [0.1, 0.15) is 11.4 Å². The fourth-order valence-corrected chi connectivity index (χ4v) is 5.11. The van der Waals surface area contributed by atoms with Crippen molar-refractivity contribution in [3.8, 4) is 5.75 Å². The van der Waals surface area contributed by atoms with E-state index in [4.69, 9.17) is 9.72 Å². The Balaban J connectivity index is 1.57. The molecule has 2 aliphatic rings. The molecule has 200 valence electrons. The third kappa shape index (κ3) is 6.12. The summed E-state index contributed by atoms with van der Waals surface area (Å²) in [7, 11) is 3.37. The summed E-state index contributed by atoms with van der Waals surface area (Å²) >= 11 is 0. The highest BCUT2D eigenvalue weighted by molar-refractivity contribution is 5.97. The maximum absolute atomic E-state index is 12.8. The normalized spacial score (nSPS) is 16.1. The van der Waals surface area contributed by atoms with E-state index in [1.165, 1.54) is 12.8 Å². The summed E-state index contributed by atoms with van der Waals surface area (Å²) in [6.07, 6.45) is 6.74. The third-order valence-electron chi connectivity index (χ3n) is 7.41. The maximum Gasteiger partial charge on any atom is 0.251 e. The van der Waals surface area contributed by atoms with E-state index < -0.39 is 0 Å². The lowest BCUT2D eigenvalue weighted by Gasteiger charge is -2.30. The van der Waals surface area contributed by atoms with E-state index in [2.05, 4.69) is 39.3 Å². The quantitative estimate of drug-likeness (QED) is 0.502. The second kappa shape index (κ2) is 12.2. The summed E-state index contributed by atoms with van der Waals surface area (Å²) in [5.74, 6) is 1.66. The fourth-order valence-electron chi connectivity index (χ4n) is 5.11. The largest absolute Gasteiger partial charge is 0.495 e. The van der Waals surface area contributed by atoms with Crippen LogP contribution in [0.4, 0.5) is 23.1 Å². The van der Waals surface area contributed by atoms with E-state index in [-0.39, 0.29) is 11.8 Å². The zero-order valence-electron chi connectivity index (χ0n) is 22.4. The first-order chi connectivity index (χ1) is 17.9. The van der Waals surface area contributed by atoms with Gasteiger partial charge in [-0.1, -0.05) is 26.7 Å². The number of likely N-dealkylation sites (N-methyl/N-ethyl adjacent to an activating group) is 1. The molecule has 0 atom stereocenters. The summed E-state index contributed by atoms with van der Waals surface area (Å²) in [6.45, 7) is 8.14. The van der Waals surface area contributed by atoms with Crippen LogP contribution in [0, 0.1) is 0 Å². The van der Waals surface area contributed by atoms with Crippen molar-refractivity contribution in [1.29, 1.82) is 0 Å². The molecule has 2 N–H and O–H groups in total. The molecule has 2 aromatic rings. The standard InChI is InChI=1S/C27H39N7O3/c1-5-33(6-2)16-14-28-26(36)19-11-12-23(37-4)21(17-19)30-27-29-18-22-25(31-27)34(20-9-7-8-10-20)15-13-24(35)32(22)3/h11-12,17-18,20H,5-10,13-16H2,1-4H3,(H,28,36)(H,29,30,31). The SMILES string of the molecule is CCN(CC)CCNC(=O)c1ccc(OC)c(Nc2ncc3c(n2)N(C2CCCC2)CCC(=O)N3C)c1. The Labute approximate surface area is 219 Å². The van der Waals surface area contributed by atoms with Gasteiger partial charge in [0.2, 0.25) is 11.9 Å². The molecule has 2 heterocycles. The number of carbonyl (C=O) groups is 2. The lowest BCUT2D eigenvalue weighted by molar-refractivity contribution is -0.118. The molecule has 0 spiro atoms. The van der Waals surface area contributed by atoms with Gasteiger partial charge >= 0.3 is 0 Å². The smallest absolute Gasteiger partial charge is 0.251 e. The monoisotopic (exact) mass is 509 g/mol. The minimum atomic E-state index is -0.145. The van der Waals surface area contributed by atoms with Gasteiger partial charge in [-0.15, -0.1) is 0 Å². The highest BCUT2D eigenvalue weighted by Crippen LogP contribution is 2.37. The van der Waals surface area contributed by atoms with Crippen molar-refractivity contribution in [2.45, 2.75) is 52.0 Å². The number of hydrogen-bond acceptors (Lipinski definition) is 8. The molecule has 0 saturated heterocycles. The molecule has 4 rings (SSSR count). The van der Waals surface area contributed by atoms with E-state index in [1.807, 2.05) is 0 Å². The summed E-state index contributed by atoms with van der Waals surface area (Å²) < 4.78 is 5.54. The minimum Gasteiger partial charge on any atom is -0.495 e. The molecule has 1 aromatic carbocycles. The lowest BCUT2D eigenvalue weighted by atomic mass is 10.1. The molecule has 0 unspecified atom stereocenters. The van der Waals surface area contributed by atoms with Gasteiger partial charge in [-0.3, -0.25) is 9.59 Å². The van der Waals surface area contributed by atoms with Crippen LogP contribution in [0.5, 0.6) is 5.75 Å². The average molecular weight is 510 g/mol. The minimum absolute atomic E-state index is 0.0624. The van der Waals surface area contributed by atoms with Crippen LogP contribution in [0.3, 0.4) is 0 Å². The predicted octanol–water partition coefficient (Wildman–Crippen LogP) is 3.42. The zero-order chi connectivity index (χ0) is 26.4. The van der Waals surface area contributed by atoms with Gasteiger partial charge in [0.15, 0.2) is 5.82 Å². The lowest BCUT2D eigenvalue weighted by Crippen LogP contribution is -2.35. The molecule has 0 radical (unpaired) electrons. The number of aromatic nitrogens is 2. The van der Waals surface area contributed by atoms with Crippen molar-refractivity contribution in [3.05, 3.63) is 30.0 Å². The molecule has 37 heavy (non-hydrogen) atoms. The number of fused-ring (bicyclic) bond motifs is 1. The van der Waals surface area contributed by atoms with Crippen molar-refractivity contribution >= 4 is 35.0 Å². The number of anilines is 4. The number of carbonyl (C=O) groups excluding carboxylic acids is 2. The van der Waals surface area contributed by atoms with Gasteiger partial charge < -0.3 is 30.1 Å². The molecular formula is C27H39N7O3. The first kappa shape index (κ1) is 26.7. The average Bonchev–Trinajstić information content (AvgIpc) is 3.42. The Bertz CT molecular complexity index is 1100. The Hall–Kier alpha value is -3.40. The second-order valence-electron chi connectivity index (χ2n) is 9.56. The van der Waals surface area contributed by atoms with Crippen molar-refractivity contribution in [2.75, 3.05) is 62.0 Å². The molecular weight excluding hydrogens is 470 g/mol. The van der Waals surface area contributed by atoms with Gasteiger partial charge in [0.25, 0.3) is 5.91 Å². The molecule has 1 aliphatic carbocycles. The van der Waals surface area contributed by atoms with E-state index in [9.17, 15) is 9.59 Å². The van der Waals surface area contributed by atoms with Gasteiger partial charge in [0.05, 0.1) is 19.0 Å². The Kier molecular flexibility index (Phi) is 8.81. The van der Waals surface area contributed by atoms with E-state index in [0.717, 1.165) is 38.3 Å². The van der Waals surface area contributed by atoms with Gasteiger partial charge in [0, 0.05) is 44.7 Å². The summed E-state index contributed by atoms with van der Waals surface area (Å²) in [5, 5.41) is 6.25. The van der Waals surface area contributed by atoms with E-state index >= 15 is 0 Å². The number of amides is 2. The van der Waals surface area contributed by atoms with Crippen LogP contribution < -0.4 is 25.2 Å². The van der Waals surface area contributed by atoms with Crippen molar-refractivity contribution in [1.82, 2.24) is 20.2 Å². The molecule has 1 fully saturated rings. The molecule has 1 saturated carbocycles. The number of nitrogens with one attached hydrogen (secondary N) is 2. The Morgan fingerprint density at radius 3 is 2.68 bits per heavy atom. The van der Waals surface area contributed by atoms with Crippen molar-refractivity contribution in [2.24, 2.45) is 0 Å². The van der Waals surface area contributed by atoms with Crippen molar-refractivity contribution < 1.29 is 14.3 Å². The number of benzene rings is 1. The van der Waals surface area contributed by atoms with E-state index in [0.29, 0.717) is 54.2 Å². The van der Waals surface area contributed by atoms with Gasteiger partial charge in [-0.2, -0.15) is 4.98 Å². The van der Waals surface area contributed by atoms with Gasteiger partial charge in [-0.25, -0.2) is 4.98 Å². The third-order valence-corrected chi connectivity index (χ3v) is 7.41. The highest BCUT2D eigenvalue weighted by Gasteiger charge is 2.31. The zero-order valence-corrected chi connectivity index (χ0v) is 22.4. The summed E-state index contributed by atoms with van der Waals surface area (Å²) in [6, 6.07) is 5.64. The predicted molar refractivity (Wildman–Crippen MR) is 146 cm³/mol. The summed E-state index contributed by atoms with van der Waals surface area (Å²) in [5.41, 5.74) is 1.84. The van der Waals surface area contributed by atoms with Crippen molar-refractivity contribution in [3.63, 3.8) is 0 Å². The van der Waals surface area contributed by atoms with Crippen LogP contribution in [0.1, 0.15) is 56.3 Å². The molecule has 1 aliphatic heterocycles. The molecule has 1 aromatic heterocycles. The van der Waals surface area contributed by atoms with Crippen LogP contribution in [-0.2, 0) is 4.79 Å². The van der Waals surface area contributed by atoms with E-state index in [1.54, 1.807) is 43.5 Å². The Morgan fingerprint density at radius 2 is 1.97 bits per heavy atom. The first-order valence-electron chi connectivity index (χ1n) is 13.3.